The molecule has 0 rings (SSSR count). The van der Waals surface area contributed by atoms with E-state index in [4.69, 9.17) is 18.5 Å². The highest BCUT2D eigenvalue weighted by Gasteiger charge is 2.26. The van der Waals surface area contributed by atoms with Crippen molar-refractivity contribution in [1.82, 2.24) is 0 Å². The van der Waals surface area contributed by atoms with Gasteiger partial charge in [-0.15, -0.1) is 0 Å². The van der Waals surface area contributed by atoms with Gasteiger partial charge in [0.1, 0.15) is 19.3 Å². The third-order valence-corrected chi connectivity index (χ3v) is 11.2. The van der Waals surface area contributed by atoms with Gasteiger partial charge in [0.25, 0.3) is 0 Å². The van der Waals surface area contributed by atoms with E-state index in [1.807, 2.05) is 21.1 Å². The second kappa shape index (κ2) is 41.5. The molecule has 57 heavy (non-hydrogen) atoms. The van der Waals surface area contributed by atoms with Gasteiger partial charge in [0, 0.05) is 13.0 Å². The number of rotatable bonds is 44. The highest BCUT2D eigenvalue weighted by atomic mass is 31.2. The third-order valence-electron chi connectivity index (χ3n) is 10.2. The maximum atomic E-state index is 12.7. The van der Waals surface area contributed by atoms with E-state index in [9.17, 15) is 14.3 Å². The van der Waals surface area contributed by atoms with Crippen LogP contribution in [0.15, 0.2) is 36.5 Å². The number of quaternary nitrogens is 1. The number of likely N-dealkylation sites (N-methyl/N-ethyl adjacent to an activating group) is 1. The Kier molecular flexibility index (Phi) is 40.5. The lowest BCUT2D eigenvalue weighted by atomic mass is 10.1. The molecule has 336 valence electrons. The first kappa shape index (κ1) is 55.7. The van der Waals surface area contributed by atoms with E-state index in [0.717, 1.165) is 51.4 Å². The molecule has 9 heteroatoms. The number of nitrogens with zero attached hydrogens (tertiary/aromatic N) is 1. The number of phosphoric ester groups is 1. The fourth-order valence-corrected chi connectivity index (χ4v) is 7.20. The number of esters is 1. The van der Waals surface area contributed by atoms with Gasteiger partial charge in [0.15, 0.2) is 0 Å². The highest BCUT2D eigenvalue weighted by Crippen LogP contribution is 2.43. The number of ether oxygens (including phenoxy) is 2. The number of carbonyl (C=O) groups is 1. The second-order valence-corrected chi connectivity index (χ2v) is 18.6. The van der Waals surface area contributed by atoms with Crippen LogP contribution in [-0.4, -0.2) is 75.6 Å². The molecule has 8 nitrogen and oxygen atoms in total. The first-order chi connectivity index (χ1) is 27.6. The zero-order chi connectivity index (χ0) is 42.0. The van der Waals surface area contributed by atoms with Gasteiger partial charge in [-0.2, -0.15) is 0 Å². The summed E-state index contributed by atoms with van der Waals surface area (Å²) in [7, 11) is 1.66. The summed E-state index contributed by atoms with van der Waals surface area (Å²) >= 11 is 0. The Morgan fingerprint density at radius 3 is 1.47 bits per heavy atom. The number of carbonyl (C=O) groups excluding carboxylic acids is 1. The van der Waals surface area contributed by atoms with E-state index < -0.39 is 13.9 Å². The molecular formula is C48H93NO7P+. The Hall–Kier alpha value is -1.28. The van der Waals surface area contributed by atoms with E-state index in [0.29, 0.717) is 24.1 Å². The van der Waals surface area contributed by atoms with Crippen LogP contribution in [0.1, 0.15) is 206 Å². The zero-order valence-corrected chi connectivity index (χ0v) is 39.0. The summed E-state index contributed by atoms with van der Waals surface area (Å²) in [6.07, 6.45) is 48.9. The Bertz CT molecular complexity index is 1010. The average Bonchev–Trinajstić information content (AvgIpc) is 3.16. The standard InChI is InChI=1S/C48H92NO7P/c1-6-8-10-12-14-16-18-20-22-23-24-25-26-28-30-32-34-36-38-40-43-53-45-47(46-55-57(51,52)54-44-42-49(3,4)5)56-48(50)41-39-37-35-33-31-29-27-21-19-17-15-13-11-9-7-2/h14,16,20-22,27,47H,6-13,15,17-19,23-26,28-46H2,1-5H3/p+1/b16-14-,22-20-,27-21-. The minimum absolute atomic E-state index is 0.0866. The number of hydrogen-bond acceptors (Lipinski definition) is 6. The summed E-state index contributed by atoms with van der Waals surface area (Å²) in [5.41, 5.74) is 0. The van der Waals surface area contributed by atoms with Crippen molar-refractivity contribution in [2.45, 2.75) is 213 Å². The lowest BCUT2D eigenvalue weighted by Gasteiger charge is -2.24. The summed E-state index contributed by atoms with van der Waals surface area (Å²) in [6, 6.07) is 0. The Labute approximate surface area is 353 Å². The summed E-state index contributed by atoms with van der Waals surface area (Å²) in [5.74, 6) is -0.322. The van der Waals surface area contributed by atoms with Crippen molar-refractivity contribution in [3.05, 3.63) is 36.5 Å². The lowest BCUT2D eigenvalue weighted by Crippen LogP contribution is -2.37. The van der Waals surface area contributed by atoms with E-state index in [1.54, 1.807) is 0 Å². The zero-order valence-electron chi connectivity index (χ0n) is 38.1. The Balaban J connectivity index is 4.18. The first-order valence-corrected chi connectivity index (χ1v) is 25.2. The van der Waals surface area contributed by atoms with Gasteiger partial charge in [-0.05, 0) is 70.6 Å². The van der Waals surface area contributed by atoms with Gasteiger partial charge >= 0.3 is 13.8 Å². The monoisotopic (exact) mass is 827 g/mol. The van der Waals surface area contributed by atoms with Crippen LogP contribution in [-0.2, 0) is 27.9 Å². The van der Waals surface area contributed by atoms with Crippen molar-refractivity contribution in [3.63, 3.8) is 0 Å². The molecule has 0 saturated carbocycles. The molecule has 0 fully saturated rings. The quantitative estimate of drug-likeness (QED) is 0.0215. The Morgan fingerprint density at radius 1 is 0.544 bits per heavy atom. The largest absolute Gasteiger partial charge is 0.472 e. The van der Waals surface area contributed by atoms with Gasteiger partial charge in [0.05, 0.1) is 34.4 Å². The summed E-state index contributed by atoms with van der Waals surface area (Å²) in [4.78, 5) is 22.9. The molecule has 0 aromatic carbocycles. The minimum Gasteiger partial charge on any atom is -0.457 e. The van der Waals surface area contributed by atoms with Crippen molar-refractivity contribution in [2.24, 2.45) is 0 Å². The molecule has 2 unspecified atom stereocenters. The normalized spacial score (nSPS) is 14.0. The molecule has 1 N–H and O–H groups in total. The molecule has 0 bridgehead atoms. The van der Waals surface area contributed by atoms with Crippen LogP contribution in [0.3, 0.4) is 0 Å². The molecule has 0 saturated heterocycles. The maximum absolute atomic E-state index is 12.7. The van der Waals surface area contributed by atoms with Gasteiger partial charge in [-0.1, -0.05) is 166 Å². The predicted octanol–water partition coefficient (Wildman–Crippen LogP) is 14.2. The fourth-order valence-electron chi connectivity index (χ4n) is 6.46. The molecule has 0 spiro atoms. The molecular weight excluding hydrogens is 734 g/mol. The van der Waals surface area contributed by atoms with Crippen molar-refractivity contribution in [1.29, 1.82) is 0 Å². The molecule has 0 aliphatic carbocycles. The van der Waals surface area contributed by atoms with Crippen LogP contribution in [0.25, 0.3) is 0 Å². The molecule has 0 aliphatic rings. The molecule has 2 atom stereocenters. The van der Waals surface area contributed by atoms with E-state index >= 15 is 0 Å². The SMILES string of the molecule is CCCCC/C=C\C/C=C\CCCCCCCCCCCCOCC(COP(=O)(O)OCC[N+](C)(C)C)OC(=O)CCCCCCC/C=C\CCCCCCCC. The van der Waals surface area contributed by atoms with Crippen molar-refractivity contribution in [3.8, 4) is 0 Å². The first-order valence-electron chi connectivity index (χ1n) is 23.7. The summed E-state index contributed by atoms with van der Waals surface area (Å²) in [6.45, 7) is 5.59. The van der Waals surface area contributed by atoms with Gasteiger partial charge < -0.3 is 18.9 Å². The average molecular weight is 827 g/mol. The van der Waals surface area contributed by atoms with Gasteiger partial charge in [0.2, 0.25) is 0 Å². The van der Waals surface area contributed by atoms with Crippen LogP contribution >= 0.6 is 7.82 Å². The topological polar surface area (TPSA) is 91.3 Å². The van der Waals surface area contributed by atoms with Crippen LogP contribution in [0.2, 0.25) is 0 Å². The molecule has 0 amide bonds. The minimum atomic E-state index is -4.28. The number of allylic oxidation sites excluding steroid dienone is 6. The third kappa shape index (κ3) is 45.7. The van der Waals surface area contributed by atoms with Crippen molar-refractivity contribution >= 4 is 13.8 Å². The number of hydrogen-bond donors (Lipinski definition) is 1. The van der Waals surface area contributed by atoms with E-state index in [-0.39, 0.29) is 25.8 Å². The molecule has 0 radical (unpaired) electrons. The Morgan fingerprint density at radius 2 is 0.965 bits per heavy atom. The summed E-state index contributed by atoms with van der Waals surface area (Å²) < 4.78 is 35.1. The van der Waals surface area contributed by atoms with Crippen LogP contribution in [0, 0.1) is 0 Å². The van der Waals surface area contributed by atoms with Crippen molar-refractivity contribution < 1.29 is 37.3 Å². The maximum Gasteiger partial charge on any atom is 0.472 e. The lowest BCUT2D eigenvalue weighted by molar-refractivity contribution is -0.870. The fraction of sp³-hybridized carbons (Fsp3) is 0.854. The number of unbranched alkanes of at least 4 members (excludes halogenated alkanes) is 24. The van der Waals surface area contributed by atoms with E-state index in [1.165, 1.54) is 135 Å². The second-order valence-electron chi connectivity index (χ2n) is 17.1. The highest BCUT2D eigenvalue weighted by molar-refractivity contribution is 7.47. The van der Waals surface area contributed by atoms with Crippen LogP contribution < -0.4 is 0 Å². The van der Waals surface area contributed by atoms with Gasteiger partial charge in [-0.3, -0.25) is 13.8 Å². The van der Waals surface area contributed by atoms with Crippen LogP contribution in [0.4, 0.5) is 0 Å². The molecule has 0 aliphatic heterocycles. The van der Waals surface area contributed by atoms with Gasteiger partial charge in [-0.25, -0.2) is 4.57 Å². The predicted molar refractivity (Wildman–Crippen MR) is 243 cm³/mol. The molecule has 0 aromatic rings. The summed E-state index contributed by atoms with van der Waals surface area (Å²) in [5, 5.41) is 0. The van der Waals surface area contributed by atoms with Crippen molar-refractivity contribution in [2.75, 3.05) is 54.1 Å². The smallest absolute Gasteiger partial charge is 0.457 e. The van der Waals surface area contributed by atoms with E-state index in [2.05, 4.69) is 50.3 Å². The van der Waals surface area contributed by atoms with Crippen LogP contribution in [0.5, 0.6) is 0 Å². The number of phosphoric acid groups is 1. The molecule has 0 heterocycles. The molecule has 0 aromatic heterocycles.